The number of carbonyl (C=O) groups excluding carboxylic acids is 1. The van der Waals surface area contributed by atoms with Gasteiger partial charge < -0.3 is 5.32 Å². The summed E-state index contributed by atoms with van der Waals surface area (Å²) in [4.78, 5) is 30.4. The molecule has 0 aliphatic rings. The highest BCUT2D eigenvalue weighted by Gasteiger charge is 2.19. The van der Waals surface area contributed by atoms with Crippen LogP contribution in [-0.2, 0) is 16.9 Å². The molecule has 8 heteroatoms. The number of nitrogens with one attached hydrogen (secondary N) is 1. The number of benzene rings is 1. The molecular weight excluding hydrogens is 362 g/mol. The summed E-state index contributed by atoms with van der Waals surface area (Å²) in [5, 5.41) is 7.66. The predicted molar refractivity (Wildman–Crippen MR) is 108 cm³/mol. The van der Waals surface area contributed by atoms with Crippen LogP contribution in [0.5, 0.6) is 0 Å². The van der Waals surface area contributed by atoms with Crippen LogP contribution in [0, 0.1) is 0 Å². The van der Waals surface area contributed by atoms with Crippen LogP contribution < -0.4 is 10.9 Å². The Kier molecular flexibility index (Phi) is 5.36. The van der Waals surface area contributed by atoms with Gasteiger partial charge in [0.05, 0.1) is 23.8 Å². The fourth-order valence-corrected chi connectivity index (χ4v) is 3.34. The standard InChI is InChI=1S/C19H23N5O2S/c1-19(2,3)24-17-13(11-21-24)18(26)23(12-20-17)10-9-16(25)22-14-7-5-6-8-15(14)27-4/h5-8,11-12H,9-10H2,1-4H3,(H,22,25). The lowest BCUT2D eigenvalue weighted by Crippen LogP contribution is -2.26. The predicted octanol–water partition coefficient (Wildman–Crippen LogP) is 3.10. The van der Waals surface area contributed by atoms with Crippen molar-refractivity contribution in [3.63, 3.8) is 0 Å². The summed E-state index contributed by atoms with van der Waals surface area (Å²) in [6.07, 6.45) is 5.17. The third kappa shape index (κ3) is 4.05. The van der Waals surface area contributed by atoms with Gasteiger partial charge in [-0.2, -0.15) is 5.10 Å². The van der Waals surface area contributed by atoms with Crippen molar-refractivity contribution in [2.24, 2.45) is 0 Å². The maximum absolute atomic E-state index is 12.7. The first kappa shape index (κ1) is 19.2. The Morgan fingerprint density at radius 1 is 1.26 bits per heavy atom. The Bertz CT molecular complexity index is 1030. The molecule has 0 unspecified atom stereocenters. The summed E-state index contributed by atoms with van der Waals surface area (Å²) < 4.78 is 3.19. The van der Waals surface area contributed by atoms with Crippen molar-refractivity contribution in [2.45, 2.75) is 44.2 Å². The average molecular weight is 385 g/mol. The Labute approximate surface area is 161 Å². The minimum Gasteiger partial charge on any atom is -0.325 e. The SMILES string of the molecule is CSc1ccccc1NC(=O)CCn1cnc2c(cnn2C(C)(C)C)c1=O. The van der Waals surface area contributed by atoms with Crippen molar-refractivity contribution in [1.82, 2.24) is 19.3 Å². The lowest BCUT2D eigenvalue weighted by atomic mass is 10.1. The maximum Gasteiger partial charge on any atom is 0.264 e. The molecule has 0 atom stereocenters. The molecule has 0 fully saturated rings. The molecule has 0 saturated heterocycles. The van der Waals surface area contributed by atoms with Crippen LogP contribution in [-0.4, -0.2) is 31.5 Å². The molecule has 3 rings (SSSR count). The van der Waals surface area contributed by atoms with Gasteiger partial charge in [0.2, 0.25) is 5.91 Å². The number of para-hydroxylation sites is 1. The van der Waals surface area contributed by atoms with Gasteiger partial charge in [-0.1, -0.05) is 12.1 Å². The van der Waals surface area contributed by atoms with Gasteiger partial charge in [-0.25, -0.2) is 9.67 Å². The Morgan fingerprint density at radius 2 is 2.00 bits per heavy atom. The van der Waals surface area contributed by atoms with Crippen molar-refractivity contribution in [2.75, 3.05) is 11.6 Å². The van der Waals surface area contributed by atoms with Crippen LogP contribution >= 0.6 is 11.8 Å². The minimum absolute atomic E-state index is 0.145. The number of aryl methyl sites for hydroxylation is 1. The van der Waals surface area contributed by atoms with E-state index in [2.05, 4.69) is 15.4 Å². The second kappa shape index (κ2) is 7.56. The van der Waals surface area contributed by atoms with Gasteiger partial charge in [0.15, 0.2) is 5.65 Å². The normalized spacial score (nSPS) is 11.7. The van der Waals surface area contributed by atoms with E-state index >= 15 is 0 Å². The van der Waals surface area contributed by atoms with E-state index in [0.717, 1.165) is 10.6 Å². The molecule has 0 saturated carbocycles. The quantitative estimate of drug-likeness (QED) is 0.683. The number of anilines is 1. The molecule has 1 aromatic carbocycles. The first-order valence-corrected chi connectivity index (χ1v) is 9.90. The van der Waals surface area contributed by atoms with Crippen molar-refractivity contribution in [3.8, 4) is 0 Å². The summed E-state index contributed by atoms with van der Waals surface area (Å²) >= 11 is 1.57. The number of carbonyl (C=O) groups is 1. The number of thioether (sulfide) groups is 1. The monoisotopic (exact) mass is 385 g/mol. The van der Waals surface area contributed by atoms with Gasteiger partial charge >= 0.3 is 0 Å². The van der Waals surface area contributed by atoms with Crippen LogP contribution in [0.15, 0.2) is 46.5 Å². The van der Waals surface area contributed by atoms with Crippen LogP contribution in [0.4, 0.5) is 5.69 Å². The second-order valence-corrected chi connectivity index (χ2v) is 8.05. The minimum atomic E-state index is -0.266. The van der Waals surface area contributed by atoms with Crippen LogP contribution in [0.25, 0.3) is 11.0 Å². The molecule has 3 aromatic rings. The molecule has 0 aliphatic carbocycles. The van der Waals surface area contributed by atoms with E-state index in [1.54, 1.807) is 22.6 Å². The van der Waals surface area contributed by atoms with Gasteiger partial charge in [0.25, 0.3) is 5.56 Å². The van der Waals surface area contributed by atoms with Gasteiger partial charge in [0, 0.05) is 17.9 Å². The van der Waals surface area contributed by atoms with E-state index in [4.69, 9.17) is 0 Å². The second-order valence-electron chi connectivity index (χ2n) is 7.21. The summed E-state index contributed by atoms with van der Waals surface area (Å²) in [6.45, 7) is 6.27. The van der Waals surface area contributed by atoms with Gasteiger partial charge in [-0.15, -0.1) is 11.8 Å². The van der Waals surface area contributed by atoms with E-state index in [1.165, 1.54) is 10.9 Å². The maximum atomic E-state index is 12.7. The topological polar surface area (TPSA) is 81.8 Å². The zero-order valence-corrected chi connectivity index (χ0v) is 16.7. The van der Waals surface area contributed by atoms with E-state index in [-0.39, 0.29) is 30.0 Å². The van der Waals surface area contributed by atoms with E-state index in [1.807, 2.05) is 51.3 Å². The highest BCUT2D eigenvalue weighted by atomic mass is 32.2. The molecular formula is C19H23N5O2S. The molecule has 1 amide bonds. The van der Waals surface area contributed by atoms with Crippen molar-refractivity contribution in [1.29, 1.82) is 0 Å². The summed E-state index contributed by atoms with van der Waals surface area (Å²) in [5.41, 5.74) is 0.884. The number of rotatable bonds is 5. The molecule has 0 bridgehead atoms. The molecule has 0 spiro atoms. The lowest BCUT2D eigenvalue weighted by Gasteiger charge is -2.19. The first-order chi connectivity index (χ1) is 12.8. The fraction of sp³-hybridized carbons (Fsp3) is 0.368. The summed E-state index contributed by atoms with van der Waals surface area (Å²) in [5.74, 6) is -0.145. The van der Waals surface area contributed by atoms with Crippen LogP contribution in [0.3, 0.4) is 0 Å². The number of fused-ring (bicyclic) bond motifs is 1. The molecule has 2 aromatic heterocycles. The number of nitrogens with zero attached hydrogens (tertiary/aromatic N) is 4. The van der Waals surface area contributed by atoms with E-state index in [9.17, 15) is 9.59 Å². The molecule has 27 heavy (non-hydrogen) atoms. The molecule has 2 heterocycles. The highest BCUT2D eigenvalue weighted by Crippen LogP contribution is 2.24. The van der Waals surface area contributed by atoms with Gasteiger partial charge in [-0.3, -0.25) is 14.2 Å². The van der Waals surface area contributed by atoms with Gasteiger partial charge in [-0.05, 0) is 39.2 Å². The summed E-state index contributed by atoms with van der Waals surface area (Å²) in [6, 6.07) is 7.63. The average Bonchev–Trinajstić information content (AvgIpc) is 3.07. The third-order valence-electron chi connectivity index (χ3n) is 4.15. The smallest absolute Gasteiger partial charge is 0.264 e. The highest BCUT2D eigenvalue weighted by molar-refractivity contribution is 7.98. The van der Waals surface area contributed by atoms with E-state index < -0.39 is 0 Å². The fourth-order valence-electron chi connectivity index (χ4n) is 2.78. The molecule has 7 nitrogen and oxygen atoms in total. The Balaban J connectivity index is 1.75. The number of amides is 1. The zero-order valence-electron chi connectivity index (χ0n) is 15.9. The third-order valence-corrected chi connectivity index (χ3v) is 4.95. The lowest BCUT2D eigenvalue weighted by molar-refractivity contribution is -0.116. The largest absolute Gasteiger partial charge is 0.325 e. The van der Waals surface area contributed by atoms with Crippen molar-refractivity contribution >= 4 is 34.4 Å². The Hall–Kier alpha value is -2.61. The van der Waals surface area contributed by atoms with Crippen LogP contribution in [0.2, 0.25) is 0 Å². The summed E-state index contributed by atoms with van der Waals surface area (Å²) in [7, 11) is 0. The molecule has 142 valence electrons. The number of aromatic nitrogens is 4. The number of hydrogen-bond acceptors (Lipinski definition) is 5. The van der Waals surface area contributed by atoms with E-state index in [0.29, 0.717) is 11.0 Å². The zero-order chi connectivity index (χ0) is 19.6. The first-order valence-electron chi connectivity index (χ1n) is 8.68. The molecule has 1 N–H and O–H groups in total. The van der Waals surface area contributed by atoms with Crippen molar-refractivity contribution < 1.29 is 4.79 Å². The number of hydrogen-bond donors (Lipinski definition) is 1. The van der Waals surface area contributed by atoms with Crippen LogP contribution in [0.1, 0.15) is 27.2 Å². The van der Waals surface area contributed by atoms with Crippen molar-refractivity contribution in [3.05, 3.63) is 47.1 Å². The molecule has 0 radical (unpaired) electrons. The molecule has 0 aliphatic heterocycles. The van der Waals surface area contributed by atoms with Gasteiger partial charge in [0.1, 0.15) is 5.39 Å². The Morgan fingerprint density at radius 3 is 2.70 bits per heavy atom.